The molecule has 1 aromatic heterocycles. The van der Waals surface area contributed by atoms with E-state index in [9.17, 15) is 13.2 Å². The van der Waals surface area contributed by atoms with Crippen LogP contribution in [0.1, 0.15) is 72.4 Å². The molecule has 8 heteroatoms. The summed E-state index contributed by atoms with van der Waals surface area (Å²) in [6.45, 7) is 6.85. The van der Waals surface area contributed by atoms with E-state index in [1.54, 1.807) is 31.2 Å². The molecule has 1 aliphatic carbocycles. The highest BCUT2D eigenvalue weighted by Crippen LogP contribution is 2.42. The molecule has 1 fully saturated rings. The average Bonchev–Trinajstić information content (AvgIpc) is 3.63. The summed E-state index contributed by atoms with van der Waals surface area (Å²) in [7, 11) is -3.25. The molecule has 0 atom stereocenters. The van der Waals surface area contributed by atoms with Crippen LogP contribution in [-0.4, -0.2) is 35.2 Å². The minimum atomic E-state index is -3.25. The molecule has 1 amide bonds. The number of fused-ring (bicyclic) bond motifs is 2. The third-order valence-electron chi connectivity index (χ3n) is 7.60. The number of imidazole rings is 1. The molecular formula is C31H33N3O4S. The molecule has 2 aliphatic rings. The van der Waals surface area contributed by atoms with E-state index < -0.39 is 9.84 Å². The van der Waals surface area contributed by atoms with Gasteiger partial charge in [-0.15, -0.1) is 0 Å². The van der Waals surface area contributed by atoms with Gasteiger partial charge >= 0.3 is 0 Å². The van der Waals surface area contributed by atoms with Crippen molar-refractivity contribution in [1.82, 2.24) is 14.9 Å². The summed E-state index contributed by atoms with van der Waals surface area (Å²) in [6, 6.07) is 18.7. The monoisotopic (exact) mass is 543 g/mol. The Morgan fingerprint density at radius 2 is 1.87 bits per heavy atom. The molecule has 3 aromatic carbocycles. The van der Waals surface area contributed by atoms with Crippen LogP contribution in [0.25, 0.3) is 11.0 Å². The van der Waals surface area contributed by atoms with Gasteiger partial charge in [0.05, 0.1) is 28.2 Å². The van der Waals surface area contributed by atoms with E-state index in [4.69, 9.17) is 9.72 Å². The third-order valence-corrected chi connectivity index (χ3v) is 9.35. The van der Waals surface area contributed by atoms with Crippen molar-refractivity contribution in [2.24, 2.45) is 0 Å². The fourth-order valence-electron chi connectivity index (χ4n) is 5.35. The first-order valence-electron chi connectivity index (χ1n) is 13.5. The lowest BCUT2D eigenvalue weighted by molar-refractivity contribution is 0.0951. The zero-order chi connectivity index (χ0) is 27.4. The van der Waals surface area contributed by atoms with Crippen molar-refractivity contribution in [3.05, 3.63) is 88.7 Å². The molecule has 202 valence electrons. The number of nitrogens with zero attached hydrogens (tertiary/aromatic N) is 2. The molecule has 0 unspecified atom stereocenters. The predicted octanol–water partition coefficient (Wildman–Crippen LogP) is 5.40. The molecular weight excluding hydrogens is 510 g/mol. The van der Waals surface area contributed by atoms with Crippen molar-refractivity contribution in [3.8, 4) is 5.75 Å². The van der Waals surface area contributed by atoms with Crippen LogP contribution in [0.4, 0.5) is 0 Å². The Bertz CT molecular complexity index is 1680. The van der Waals surface area contributed by atoms with Gasteiger partial charge in [0.2, 0.25) is 0 Å². The predicted molar refractivity (Wildman–Crippen MR) is 151 cm³/mol. The summed E-state index contributed by atoms with van der Waals surface area (Å²) in [5, 5.41) is 2.94. The molecule has 0 spiro atoms. The van der Waals surface area contributed by atoms with Crippen molar-refractivity contribution in [3.63, 3.8) is 0 Å². The van der Waals surface area contributed by atoms with Crippen LogP contribution in [0.15, 0.2) is 65.6 Å². The highest BCUT2D eigenvalue weighted by molar-refractivity contribution is 7.91. The summed E-state index contributed by atoms with van der Waals surface area (Å²) in [4.78, 5) is 18.3. The number of benzene rings is 3. The number of aromatic nitrogens is 2. The topological polar surface area (TPSA) is 90.3 Å². The molecule has 2 heterocycles. The van der Waals surface area contributed by atoms with Gasteiger partial charge in [-0.25, -0.2) is 13.4 Å². The zero-order valence-electron chi connectivity index (χ0n) is 22.5. The smallest absolute Gasteiger partial charge is 0.251 e. The number of para-hydroxylation sites is 1. The van der Waals surface area contributed by atoms with Gasteiger partial charge in [0, 0.05) is 30.0 Å². The Hall–Kier alpha value is -3.65. The normalized spacial score (nSPS) is 16.2. The number of carbonyl (C=O) groups excluding carboxylic acids is 1. The fraction of sp³-hybridized carbons (Fsp3) is 0.355. The molecule has 1 N–H and O–H groups in total. The highest BCUT2D eigenvalue weighted by atomic mass is 32.2. The lowest BCUT2D eigenvalue weighted by Crippen LogP contribution is -2.25. The maximum absolute atomic E-state index is 13.0. The van der Waals surface area contributed by atoms with Crippen LogP contribution in [0, 0.1) is 0 Å². The highest BCUT2D eigenvalue weighted by Gasteiger charge is 2.33. The van der Waals surface area contributed by atoms with Gasteiger partial charge in [-0.05, 0) is 68.1 Å². The van der Waals surface area contributed by atoms with Crippen LogP contribution in [-0.2, 0) is 29.3 Å². The largest absolute Gasteiger partial charge is 0.487 e. The first kappa shape index (κ1) is 25.6. The maximum atomic E-state index is 13.0. The van der Waals surface area contributed by atoms with E-state index >= 15 is 0 Å². The minimum Gasteiger partial charge on any atom is -0.487 e. The van der Waals surface area contributed by atoms with Crippen LogP contribution < -0.4 is 10.1 Å². The van der Waals surface area contributed by atoms with Crippen LogP contribution >= 0.6 is 0 Å². The van der Waals surface area contributed by atoms with Crippen molar-refractivity contribution < 1.29 is 17.9 Å². The van der Waals surface area contributed by atoms with Gasteiger partial charge in [0.15, 0.2) is 9.84 Å². The Labute approximate surface area is 229 Å². The van der Waals surface area contributed by atoms with Gasteiger partial charge in [-0.2, -0.15) is 0 Å². The number of carbonyl (C=O) groups is 1. The van der Waals surface area contributed by atoms with Crippen LogP contribution in [0.2, 0.25) is 0 Å². The van der Waals surface area contributed by atoms with Gasteiger partial charge in [0.1, 0.15) is 17.2 Å². The lowest BCUT2D eigenvalue weighted by Gasteiger charge is -2.19. The number of rotatable bonds is 8. The fourth-order valence-corrected chi connectivity index (χ4v) is 6.23. The number of nitrogens with one attached hydrogen (secondary N) is 1. The Morgan fingerprint density at radius 1 is 1.10 bits per heavy atom. The molecule has 4 aromatic rings. The van der Waals surface area contributed by atoms with Crippen LogP contribution in [0.5, 0.6) is 5.75 Å². The summed E-state index contributed by atoms with van der Waals surface area (Å²) < 4.78 is 32.7. The van der Waals surface area contributed by atoms with Crippen molar-refractivity contribution in [2.75, 3.05) is 5.75 Å². The number of hydrogen-bond acceptors (Lipinski definition) is 5. The minimum absolute atomic E-state index is 0.0588. The Balaban J connectivity index is 1.23. The van der Waals surface area contributed by atoms with E-state index in [1.165, 1.54) is 5.56 Å². The van der Waals surface area contributed by atoms with Gasteiger partial charge in [-0.1, -0.05) is 37.3 Å². The lowest BCUT2D eigenvalue weighted by atomic mass is 10.0. The van der Waals surface area contributed by atoms with Crippen molar-refractivity contribution >= 4 is 26.8 Å². The third kappa shape index (κ3) is 5.05. The van der Waals surface area contributed by atoms with E-state index in [2.05, 4.69) is 41.9 Å². The number of ether oxygens (including phenoxy) is 1. The standard InChI is InChI=1S/C31H33N3O4S/c1-4-39(36,37)25-13-8-20(9-14-25)18-32-30(35)22-12-15-27-26(16-22)33-29(21-10-11-21)34(27)19-24-7-5-6-23-17-31(2,3)38-28(23)24/h5-9,12-16,21H,4,10-11,17-19H2,1-3H3,(H,32,35). The van der Waals surface area contributed by atoms with Crippen LogP contribution in [0.3, 0.4) is 0 Å². The second-order valence-electron chi connectivity index (χ2n) is 11.2. The SMILES string of the molecule is CCS(=O)(=O)c1ccc(CNC(=O)c2ccc3c(c2)nc(C2CC2)n3Cc2cccc3c2OC(C)(C)C3)cc1. The van der Waals surface area contributed by atoms with E-state index in [-0.39, 0.29) is 17.3 Å². The van der Waals surface area contributed by atoms with E-state index in [0.29, 0.717) is 29.5 Å². The molecule has 6 rings (SSSR count). The maximum Gasteiger partial charge on any atom is 0.251 e. The Kier molecular flexibility index (Phi) is 6.25. The second-order valence-corrected chi connectivity index (χ2v) is 13.5. The van der Waals surface area contributed by atoms with Gasteiger partial charge in [-0.3, -0.25) is 4.79 Å². The summed E-state index contributed by atoms with van der Waals surface area (Å²) in [6.07, 6.45) is 3.16. The molecule has 0 radical (unpaired) electrons. The number of sulfone groups is 1. The zero-order valence-corrected chi connectivity index (χ0v) is 23.3. The molecule has 39 heavy (non-hydrogen) atoms. The molecule has 0 saturated heterocycles. The first-order chi connectivity index (χ1) is 18.6. The second kappa shape index (κ2) is 9.52. The summed E-state index contributed by atoms with van der Waals surface area (Å²) >= 11 is 0. The van der Waals surface area contributed by atoms with E-state index in [0.717, 1.165) is 53.0 Å². The molecule has 1 aliphatic heterocycles. The number of amides is 1. The molecule has 7 nitrogen and oxygen atoms in total. The molecule has 1 saturated carbocycles. The quantitative estimate of drug-likeness (QED) is 0.321. The summed E-state index contributed by atoms with van der Waals surface area (Å²) in [5.41, 5.74) is 5.40. The molecule has 0 bridgehead atoms. The summed E-state index contributed by atoms with van der Waals surface area (Å²) in [5.74, 6) is 2.37. The van der Waals surface area contributed by atoms with Gasteiger partial charge in [0.25, 0.3) is 5.91 Å². The Morgan fingerprint density at radius 3 is 2.59 bits per heavy atom. The number of hydrogen-bond donors (Lipinski definition) is 1. The van der Waals surface area contributed by atoms with Crippen molar-refractivity contribution in [2.45, 2.75) is 69.5 Å². The first-order valence-corrected chi connectivity index (χ1v) is 15.2. The average molecular weight is 544 g/mol. The van der Waals surface area contributed by atoms with E-state index in [1.807, 2.05) is 18.2 Å². The van der Waals surface area contributed by atoms with Gasteiger partial charge < -0.3 is 14.6 Å². The van der Waals surface area contributed by atoms with Crippen molar-refractivity contribution in [1.29, 1.82) is 0 Å².